The molecule has 1 aromatic heterocycles. The van der Waals surface area contributed by atoms with E-state index in [-0.39, 0.29) is 18.1 Å². The number of hydrogen-bond donors (Lipinski definition) is 1. The Morgan fingerprint density at radius 1 is 0.974 bits per heavy atom. The van der Waals surface area contributed by atoms with Gasteiger partial charge >= 0.3 is 0 Å². The summed E-state index contributed by atoms with van der Waals surface area (Å²) in [5.74, 6) is 0.531. The van der Waals surface area contributed by atoms with Crippen LogP contribution in [0.2, 0.25) is 5.15 Å². The lowest BCUT2D eigenvalue weighted by Crippen LogP contribution is -2.52. The molecule has 0 bridgehead atoms. The molecule has 2 fully saturated rings. The third-order valence-corrected chi connectivity index (χ3v) is 8.01. The van der Waals surface area contributed by atoms with Crippen LogP contribution in [0.3, 0.4) is 0 Å². The molecule has 1 atom stereocenters. The molecule has 39 heavy (non-hydrogen) atoms. The first-order valence-corrected chi connectivity index (χ1v) is 14.9. The van der Waals surface area contributed by atoms with Crippen LogP contribution in [0.1, 0.15) is 59.3 Å². The van der Waals surface area contributed by atoms with Gasteiger partial charge in [-0.25, -0.2) is 4.39 Å². The second-order valence-electron chi connectivity index (χ2n) is 10.7. The molecule has 0 aliphatic carbocycles. The Labute approximate surface area is 237 Å². The zero-order chi connectivity index (χ0) is 27.8. The number of ether oxygens (including phenoxy) is 2. The molecule has 10 heteroatoms. The fourth-order valence-corrected chi connectivity index (χ4v) is 5.65. The molecule has 0 spiro atoms. The highest BCUT2D eigenvalue weighted by Gasteiger charge is 2.30. The number of benzene rings is 1. The molecule has 2 aliphatic rings. The van der Waals surface area contributed by atoms with Gasteiger partial charge in [0.15, 0.2) is 17.3 Å². The molecule has 8 nitrogen and oxygen atoms in total. The van der Waals surface area contributed by atoms with Crippen molar-refractivity contribution in [1.82, 2.24) is 10.2 Å². The Balaban J connectivity index is 1.38. The van der Waals surface area contributed by atoms with E-state index in [4.69, 9.17) is 26.8 Å². The molecule has 2 aromatic rings. The van der Waals surface area contributed by atoms with E-state index in [0.717, 1.165) is 95.8 Å². The predicted molar refractivity (Wildman–Crippen MR) is 157 cm³/mol. The molecule has 0 unspecified atom stereocenters. The summed E-state index contributed by atoms with van der Waals surface area (Å²) in [6.07, 6.45) is 5.97. The number of nitrogens with zero attached hydrogens (tertiary/aromatic N) is 5. The van der Waals surface area contributed by atoms with Gasteiger partial charge in [-0.2, -0.15) is 0 Å². The average molecular weight is 563 g/mol. The monoisotopic (exact) mass is 562 g/mol. The Bertz CT molecular complexity index is 1040. The number of piperazine rings is 1. The third kappa shape index (κ3) is 7.64. The predicted octanol–water partition coefficient (Wildman–Crippen LogP) is 5.74. The first-order valence-electron chi connectivity index (χ1n) is 14.5. The van der Waals surface area contributed by atoms with Crippen LogP contribution in [0.4, 0.5) is 27.3 Å². The van der Waals surface area contributed by atoms with E-state index < -0.39 is 0 Å². The minimum atomic E-state index is -0.177. The van der Waals surface area contributed by atoms with E-state index in [1.807, 2.05) is 12.1 Å². The minimum absolute atomic E-state index is 0.168. The van der Waals surface area contributed by atoms with Crippen molar-refractivity contribution >= 4 is 34.5 Å². The fraction of sp³-hybridized carbons (Fsp3) is 0.655. The SMILES string of the molecule is CCCCOC(OCCCC)C1CCN(c2cc(N3CCN(c4cc(Cl)nnc4N)[C@@H](C)C3)ccc2F)CC1. The highest BCUT2D eigenvalue weighted by molar-refractivity contribution is 6.29. The van der Waals surface area contributed by atoms with Gasteiger partial charge in [0.05, 0.1) is 11.4 Å². The molecule has 2 aliphatic heterocycles. The lowest BCUT2D eigenvalue weighted by molar-refractivity contribution is -0.177. The van der Waals surface area contributed by atoms with Crippen LogP contribution >= 0.6 is 11.6 Å². The highest BCUT2D eigenvalue weighted by Crippen LogP contribution is 2.33. The first-order chi connectivity index (χ1) is 18.9. The summed E-state index contributed by atoms with van der Waals surface area (Å²) in [6, 6.07) is 7.42. The molecule has 0 amide bonds. The van der Waals surface area contributed by atoms with Crippen LogP contribution in [-0.4, -0.2) is 68.5 Å². The average Bonchev–Trinajstić information content (AvgIpc) is 2.94. The van der Waals surface area contributed by atoms with E-state index in [1.54, 1.807) is 12.1 Å². The number of anilines is 4. The van der Waals surface area contributed by atoms with Crippen molar-refractivity contribution in [1.29, 1.82) is 0 Å². The van der Waals surface area contributed by atoms with Gasteiger partial charge in [-0.3, -0.25) is 0 Å². The zero-order valence-electron chi connectivity index (χ0n) is 23.6. The van der Waals surface area contributed by atoms with Crippen LogP contribution in [0, 0.1) is 11.7 Å². The lowest BCUT2D eigenvalue weighted by Gasteiger charge is -2.43. The number of unbranched alkanes of at least 4 members (excludes halogenated alkanes) is 2. The second kappa shape index (κ2) is 14.3. The molecule has 4 rings (SSSR count). The summed E-state index contributed by atoms with van der Waals surface area (Å²) < 4.78 is 27.4. The molecule has 2 saturated heterocycles. The van der Waals surface area contributed by atoms with Gasteiger partial charge in [0.1, 0.15) is 5.82 Å². The molecule has 2 N–H and O–H groups in total. The molecular weight excluding hydrogens is 519 g/mol. The minimum Gasteiger partial charge on any atom is -0.380 e. The molecule has 3 heterocycles. The molecule has 0 saturated carbocycles. The van der Waals surface area contributed by atoms with Crippen molar-refractivity contribution in [2.75, 3.05) is 66.4 Å². The van der Waals surface area contributed by atoms with Gasteiger partial charge in [0.25, 0.3) is 0 Å². The molecular formula is C29H44ClFN6O2. The summed E-state index contributed by atoms with van der Waals surface area (Å²) in [5.41, 5.74) is 8.59. The Kier molecular flexibility index (Phi) is 10.9. The van der Waals surface area contributed by atoms with Crippen molar-refractivity contribution in [3.63, 3.8) is 0 Å². The van der Waals surface area contributed by atoms with Gasteiger partial charge in [-0.05, 0) is 50.8 Å². The number of rotatable bonds is 12. The van der Waals surface area contributed by atoms with Crippen molar-refractivity contribution in [3.05, 3.63) is 35.2 Å². The van der Waals surface area contributed by atoms with E-state index >= 15 is 4.39 Å². The van der Waals surface area contributed by atoms with Crippen molar-refractivity contribution < 1.29 is 13.9 Å². The number of halogens is 2. The smallest absolute Gasteiger partial charge is 0.169 e. The Hall–Kier alpha value is -2.36. The first kappa shape index (κ1) is 29.6. The standard InChI is InChI=1S/C29H44ClFN6O2/c1-4-6-16-38-29(39-17-7-5-2)22-10-12-35(13-11-22)25-18-23(8-9-24(25)31)36-14-15-37(21(3)20-36)26-19-27(30)33-34-28(26)32/h8-9,18-19,21-22,29H,4-7,10-17,20H2,1-3H3,(H2,32,34)/t21-/m0/s1. The fourth-order valence-electron chi connectivity index (χ4n) is 5.51. The third-order valence-electron chi connectivity index (χ3n) is 7.83. The maximum absolute atomic E-state index is 15.1. The summed E-state index contributed by atoms with van der Waals surface area (Å²) in [4.78, 5) is 6.70. The van der Waals surface area contributed by atoms with Crippen molar-refractivity contribution in [3.8, 4) is 0 Å². The van der Waals surface area contributed by atoms with E-state index in [0.29, 0.717) is 22.6 Å². The lowest BCUT2D eigenvalue weighted by atomic mass is 9.95. The number of piperidine rings is 1. The number of nitrogens with two attached hydrogens (primary N) is 1. The topological polar surface area (TPSA) is 80.0 Å². The van der Waals surface area contributed by atoms with E-state index in [9.17, 15) is 0 Å². The van der Waals surface area contributed by atoms with Crippen LogP contribution < -0.4 is 20.4 Å². The zero-order valence-corrected chi connectivity index (χ0v) is 24.4. The second-order valence-corrected chi connectivity index (χ2v) is 11.1. The number of nitrogen functional groups attached to an aromatic ring is 1. The Morgan fingerprint density at radius 3 is 2.31 bits per heavy atom. The van der Waals surface area contributed by atoms with Gasteiger partial charge in [0.2, 0.25) is 0 Å². The van der Waals surface area contributed by atoms with Crippen molar-refractivity contribution in [2.24, 2.45) is 5.92 Å². The van der Waals surface area contributed by atoms with Crippen LogP contribution in [-0.2, 0) is 9.47 Å². The van der Waals surface area contributed by atoms with E-state index in [1.165, 1.54) is 0 Å². The van der Waals surface area contributed by atoms with Gasteiger partial charge < -0.3 is 29.9 Å². The van der Waals surface area contributed by atoms with Crippen LogP contribution in [0.25, 0.3) is 0 Å². The maximum Gasteiger partial charge on any atom is 0.169 e. The maximum atomic E-state index is 15.1. The number of hydrogen-bond acceptors (Lipinski definition) is 8. The summed E-state index contributed by atoms with van der Waals surface area (Å²) in [5, 5.41) is 8.13. The van der Waals surface area contributed by atoms with Crippen LogP contribution in [0.15, 0.2) is 24.3 Å². The number of aromatic nitrogens is 2. The van der Waals surface area contributed by atoms with Gasteiger partial charge in [0, 0.05) is 69.7 Å². The largest absolute Gasteiger partial charge is 0.380 e. The Morgan fingerprint density at radius 2 is 1.67 bits per heavy atom. The molecule has 216 valence electrons. The van der Waals surface area contributed by atoms with Gasteiger partial charge in [-0.15, -0.1) is 10.2 Å². The molecule has 0 radical (unpaired) electrons. The highest BCUT2D eigenvalue weighted by atomic mass is 35.5. The molecule has 1 aromatic carbocycles. The summed E-state index contributed by atoms with van der Waals surface area (Å²) in [7, 11) is 0. The normalized spacial score (nSPS) is 18.8. The van der Waals surface area contributed by atoms with Gasteiger partial charge in [-0.1, -0.05) is 38.3 Å². The summed E-state index contributed by atoms with van der Waals surface area (Å²) in [6.45, 7) is 11.8. The van der Waals surface area contributed by atoms with E-state index in [2.05, 4.69) is 45.7 Å². The summed E-state index contributed by atoms with van der Waals surface area (Å²) >= 11 is 6.08. The van der Waals surface area contributed by atoms with Crippen LogP contribution in [0.5, 0.6) is 0 Å². The van der Waals surface area contributed by atoms with Crippen molar-refractivity contribution in [2.45, 2.75) is 71.6 Å². The quantitative estimate of drug-likeness (QED) is 0.259.